The van der Waals surface area contributed by atoms with Crippen molar-refractivity contribution in [1.29, 1.82) is 0 Å². The first-order valence-corrected chi connectivity index (χ1v) is 7.02. The Bertz CT molecular complexity index is 476. The molecule has 0 aliphatic carbocycles. The Morgan fingerprint density at radius 2 is 2.16 bits per heavy atom. The molecule has 1 aliphatic heterocycles. The summed E-state index contributed by atoms with van der Waals surface area (Å²) in [6.07, 6.45) is 1.74. The molecule has 1 aromatic heterocycles. The molecule has 0 atom stereocenters. The van der Waals surface area contributed by atoms with Crippen LogP contribution < -0.4 is 10.6 Å². The Kier molecular flexibility index (Phi) is 4.84. The molecule has 1 saturated heterocycles. The quantitative estimate of drug-likeness (QED) is 0.373. The van der Waals surface area contributed by atoms with Gasteiger partial charge in [-0.25, -0.2) is 4.98 Å². The highest BCUT2D eigenvalue weighted by Crippen LogP contribution is 2.26. The van der Waals surface area contributed by atoms with Crippen molar-refractivity contribution in [2.45, 2.75) is 0 Å². The van der Waals surface area contributed by atoms with E-state index in [1.807, 2.05) is 6.07 Å². The monoisotopic (exact) mass is 347 g/mol. The van der Waals surface area contributed by atoms with Crippen molar-refractivity contribution in [3.05, 3.63) is 21.8 Å². The molecule has 8 heteroatoms. The molecule has 0 saturated carbocycles. The summed E-state index contributed by atoms with van der Waals surface area (Å²) in [6, 6.07) is 1.84. The van der Waals surface area contributed by atoms with Crippen molar-refractivity contribution >= 4 is 39.2 Å². The van der Waals surface area contributed by atoms with E-state index in [1.165, 1.54) is 0 Å². The van der Waals surface area contributed by atoms with E-state index >= 15 is 0 Å². The van der Waals surface area contributed by atoms with Gasteiger partial charge in [-0.1, -0.05) is 16.8 Å². The van der Waals surface area contributed by atoms with Crippen molar-refractivity contribution in [2.24, 2.45) is 10.9 Å². The summed E-state index contributed by atoms with van der Waals surface area (Å²) >= 11 is 9.53. The van der Waals surface area contributed by atoms with E-state index in [-0.39, 0.29) is 5.84 Å². The molecule has 0 radical (unpaired) electrons. The van der Waals surface area contributed by atoms with E-state index in [4.69, 9.17) is 22.5 Å². The number of hydrogen-bond acceptors (Lipinski definition) is 5. The van der Waals surface area contributed by atoms with Gasteiger partial charge in [0.1, 0.15) is 5.82 Å². The van der Waals surface area contributed by atoms with Gasteiger partial charge in [-0.2, -0.15) is 0 Å². The number of aromatic nitrogens is 1. The van der Waals surface area contributed by atoms with Gasteiger partial charge in [-0.15, -0.1) is 0 Å². The molecule has 1 aliphatic rings. The molecule has 0 aromatic carbocycles. The minimum atomic E-state index is 0.230. The lowest BCUT2D eigenvalue weighted by molar-refractivity contribution is 0.278. The molecule has 1 aromatic rings. The first-order valence-electron chi connectivity index (χ1n) is 5.85. The Morgan fingerprint density at radius 1 is 1.47 bits per heavy atom. The zero-order valence-electron chi connectivity index (χ0n) is 10.3. The number of rotatable bonds is 3. The standard InChI is InChI=1S/C11H15BrClN5O/c12-8-5-9(13)11(15-6-8)18-3-1-17(2-4-18)7-10(14)16-19/h5-6,19H,1-4,7H2,(H2,14,16). The maximum atomic E-state index is 8.55. The lowest BCUT2D eigenvalue weighted by Crippen LogP contribution is -2.49. The summed E-state index contributed by atoms with van der Waals surface area (Å²) in [7, 11) is 0. The van der Waals surface area contributed by atoms with E-state index in [2.05, 4.69) is 35.9 Å². The number of nitrogens with two attached hydrogens (primary N) is 1. The lowest BCUT2D eigenvalue weighted by atomic mass is 10.3. The molecule has 2 rings (SSSR count). The molecular weight excluding hydrogens is 334 g/mol. The van der Waals surface area contributed by atoms with Crippen LogP contribution in [0.15, 0.2) is 21.9 Å². The van der Waals surface area contributed by atoms with Gasteiger partial charge in [-0.3, -0.25) is 4.90 Å². The molecule has 0 spiro atoms. The molecule has 6 nitrogen and oxygen atoms in total. The molecule has 1 fully saturated rings. The van der Waals surface area contributed by atoms with Gasteiger partial charge >= 0.3 is 0 Å². The Morgan fingerprint density at radius 3 is 2.74 bits per heavy atom. The van der Waals surface area contributed by atoms with Crippen LogP contribution >= 0.6 is 27.5 Å². The smallest absolute Gasteiger partial charge is 0.153 e. The zero-order valence-corrected chi connectivity index (χ0v) is 12.6. The summed E-state index contributed by atoms with van der Waals surface area (Å²) in [4.78, 5) is 8.60. The SMILES string of the molecule is NC(CN1CCN(c2ncc(Br)cc2Cl)CC1)=NO. The van der Waals surface area contributed by atoms with Crippen LogP contribution in [-0.4, -0.2) is 53.7 Å². The summed E-state index contributed by atoms with van der Waals surface area (Å²) in [6.45, 7) is 3.75. The highest BCUT2D eigenvalue weighted by atomic mass is 79.9. The van der Waals surface area contributed by atoms with Crippen LogP contribution in [0.25, 0.3) is 0 Å². The second-order valence-corrected chi connectivity index (χ2v) is 5.64. The molecule has 2 heterocycles. The van der Waals surface area contributed by atoms with Crippen molar-refractivity contribution in [1.82, 2.24) is 9.88 Å². The zero-order chi connectivity index (χ0) is 13.8. The van der Waals surface area contributed by atoms with E-state index in [1.54, 1.807) is 6.20 Å². The van der Waals surface area contributed by atoms with Gasteiger partial charge in [-0.05, 0) is 22.0 Å². The predicted octanol–water partition coefficient (Wildman–Crippen LogP) is 1.37. The minimum absolute atomic E-state index is 0.230. The second-order valence-electron chi connectivity index (χ2n) is 4.31. The number of oxime groups is 1. The van der Waals surface area contributed by atoms with Gasteiger partial charge in [0.25, 0.3) is 0 Å². The topological polar surface area (TPSA) is 78.0 Å². The molecule has 19 heavy (non-hydrogen) atoms. The van der Waals surface area contributed by atoms with Crippen LogP contribution in [0.3, 0.4) is 0 Å². The van der Waals surface area contributed by atoms with E-state index in [9.17, 15) is 0 Å². The van der Waals surface area contributed by atoms with Crippen molar-refractivity contribution in [3.8, 4) is 0 Å². The highest BCUT2D eigenvalue weighted by Gasteiger charge is 2.20. The Balaban J connectivity index is 1.96. The van der Waals surface area contributed by atoms with Crippen molar-refractivity contribution in [3.63, 3.8) is 0 Å². The number of hydrogen-bond donors (Lipinski definition) is 2. The normalized spacial score (nSPS) is 17.8. The Labute approximate surface area is 125 Å². The van der Waals surface area contributed by atoms with E-state index in [0.29, 0.717) is 11.6 Å². The fourth-order valence-corrected chi connectivity index (χ4v) is 2.77. The third kappa shape index (κ3) is 3.71. The van der Waals surface area contributed by atoms with E-state index < -0.39 is 0 Å². The van der Waals surface area contributed by atoms with Crippen LogP contribution in [0.1, 0.15) is 0 Å². The van der Waals surface area contributed by atoms with Crippen LogP contribution in [0, 0.1) is 0 Å². The third-order valence-electron chi connectivity index (χ3n) is 2.97. The number of pyridine rings is 1. The maximum Gasteiger partial charge on any atom is 0.153 e. The highest BCUT2D eigenvalue weighted by molar-refractivity contribution is 9.10. The van der Waals surface area contributed by atoms with Gasteiger partial charge in [0, 0.05) is 36.8 Å². The predicted molar refractivity (Wildman–Crippen MR) is 79.0 cm³/mol. The van der Waals surface area contributed by atoms with Gasteiger partial charge in [0.15, 0.2) is 5.84 Å². The Hall–Kier alpha value is -1.05. The number of piperazine rings is 1. The molecule has 3 N–H and O–H groups in total. The minimum Gasteiger partial charge on any atom is -0.409 e. The van der Waals surface area contributed by atoms with Crippen LogP contribution in [0.4, 0.5) is 5.82 Å². The van der Waals surface area contributed by atoms with Crippen LogP contribution in [-0.2, 0) is 0 Å². The van der Waals surface area contributed by atoms with Crippen LogP contribution in [0.2, 0.25) is 5.02 Å². The average molecular weight is 349 g/mol. The van der Waals surface area contributed by atoms with Gasteiger partial charge < -0.3 is 15.8 Å². The van der Waals surface area contributed by atoms with Crippen LogP contribution in [0.5, 0.6) is 0 Å². The molecule has 104 valence electrons. The number of anilines is 1. The summed E-state index contributed by atoms with van der Waals surface area (Å²) in [5, 5.41) is 12.2. The van der Waals surface area contributed by atoms with E-state index in [0.717, 1.165) is 36.5 Å². The van der Waals surface area contributed by atoms with Gasteiger partial charge in [0.05, 0.1) is 11.6 Å². The molecular formula is C11H15BrClN5O. The van der Waals surface area contributed by atoms with Gasteiger partial charge in [0.2, 0.25) is 0 Å². The maximum absolute atomic E-state index is 8.55. The molecule has 0 amide bonds. The fraction of sp³-hybridized carbons (Fsp3) is 0.455. The summed E-state index contributed by atoms with van der Waals surface area (Å²) in [5.41, 5.74) is 5.50. The summed E-state index contributed by atoms with van der Waals surface area (Å²) < 4.78 is 0.867. The summed E-state index contributed by atoms with van der Waals surface area (Å²) in [5.74, 6) is 1.03. The lowest BCUT2D eigenvalue weighted by Gasteiger charge is -2.35. The first kappa shape index (κ1) is 14.4. The number of amidine groups is 1. The second kappa shape index (κ2) is 6.40. The largest absolute Gasteiger partial charge is 0.409 e. The molecule has 0 bridgehead atoms. The third-order valence-corrected chi connectivity index (χ3v) is 3.69. The first-order chi connectivity index (χ1) is 9.10. The van der Waals surface area contributed by atoms with Crippen molar-refractivity contribution in [2.75, 3.05) is 37.6 Å². The average Bonchev–Trinajstić information content (AvgIpc) is 2.40. The van der Waals surface area contributed by atoms with Crippen molar-refractivity contribution < 1.29 is 5.21 Å². The fourth-order valence-electron chi connectivity index (χ4n) is 2.02. The number of nitrogens with zero attached hydrogens (tertiary/aromatic N) is 4. The molecule has 0 unspecified atom stereocenters. The number of halogens is 2.